The van der Waals surface area contributed by atoms with E-state index in [2.05, 4.69) is 7.05 Å². The number of fused-ring (bicyclic) bond motifs is 1. The van der Waals surface area contributed by atoms with E-state index in [1.165, 1.54) is 21.6 Å². The van der Waals surface area contributed by atoms with Gasteiger partial charge in [-0.15, -0.1) is 0 Å². The number of aliphatic hydroxyl groups is 1. The number of hydrogen-bond acceptors (Lipinski definition) is 4. The lowest BCUT2D eigenvalue weighted by Gasteiger charge is -2.58. The molecule has 1 spiro atoms. The number of quaternary nitrogens is 1. The van der Waals surface area contributed by atoms with Crippen molar-refractivity contribution in [3.05, 3.63) is 22.8 Å². The first kappa shape index (κ1) is 15.0. The van der Waals surface area contributed by atoms with E-state index >= 15 is 0 Å². The summed E-state index contributed by atoms with van der Waals surface area (Å²) in [5.41, 5.74) is 3.70. The minimum Gasteiger partial charge on any atom is -0.870 e. The molecule has 0 amide bonds. The second-order valence-electron chi connectivity index (χ2n) is 8.22. The van der Waals surface area contributed by atoms with E-state index in [-0.39, 0.29) is 11.2 Å². The molecule has 2 heterocycles. The summed E-state index contributed by atoms with van der Waals surface area (Å²) in [6, 6.07) is 2.25. The van der Waals surface area contributed by atoms with Gasteiger partial charge in [0.1, 0.15) is 17.9 Å². The number of benzene rings is 1. The molecule has 2 aliphatic carbocycles. The van der Waals surface area contributed by atoms with Crippen LogP contribution in [-0.2, 0) is 16.6 Å². The van der Waals surface area contributed by atoms with Gasteiger partial charge in [-0.3, -0.25) is 0 Å². The zero-order chi connectivity index (χ0) is 16.7. The molecule has 4 aliphatic rings. The highest BCUT2D eigenvalue weighted by Gasteiger charge is 2.60. The number of aliphatic hydroxyl groups excluding tert-OH is 1. The van der Waals surface area contributed by atoms with Crippen molar-refractivity contribution in [1.82, 2.24) is 0 Å². The number of ether oxygens (including phenoxy) is 2. The molecule has 0 saturated heterocycles. The van der Waals surface area contributed by atoms with Gasteiger partial charge >= 0.3 is 0 Å². The predicted octanol–water partition coefficient (Wildman–Crippen LogP) is 0.184. The molecule has 24 heavy (non-hydrogen) atoms. The Morgan fingerprint density at radius 2 is 2.17 bits per heavy atom. The second kappa shape index (κ2) is 4.65. The third-order valence-corrected chi connectivity index (χ3v) is 7.15. The fourth-order valence-electron chi connectivity index (χ4n) is 5.89. The van der Waals surface area contributed by atoms with Crippen molar-refractivity contribution in [3.8, 4) is 11.5 Å². The van der Waals surface area contributed by atoms with Crippen LogP contribution in [0, 0.1) is 0 Å². The standard InChI is InChI=1S/C19H25NO4/c1-20-8-5-11-9-13(21)17-16-15(11)12(20)3-6-18(16)7-4-14(22)19(10-18,23-2)24-17/h9,12,14,21-22H,3-8,10H2,1-2H3/t12?,14-,18-,19+/m0/s1. The molecule has 5 atom stereocenters. The first-order valence-corrected chi connectivity index (χ1v) is 9.11. The minimum atomic E-state index is -1.06. The summed E-state index contributed by atoms with van der Waals surface area (Å²) in [4.78, 5) is 1.54. The number of hydrogen-bond donors (Lipinski definition) is 2. The molecule has 2 bridgehead atoms. The van der Waals surface area contributed by atoms with E-state index < -0.39 is 11.9 Å². The molecular weight excluding hydrogens is 306 g/mol. The monoisotopic (exact) mass is 331 g/mol. The third-order valence-electron chi connectivity index (χ3n) is 7.15. The first-order chi connectivity index (χ1) is 11.5. The summed E-state index contributed by atoms with van der Waals surface area (Å²) in [6.07, 6.45) is 4.72. The Morgan fingerprint density at radius 1 is 1.38 bits per heavy atom. The maximum Gasteiger partial charge on any atom is 0.237 e. The molecule has 1 aromatic carbocycles. The van der Waals surface area contributed by atoms with Crippen molar-refractivity contribution < 1.29 is 24.6 Å². The summed E-state index contributed by atoms with van der Waals surface area (Å²) in [5.74, 6) is -0.637. The Labute approximate surface area is 142 Å². The lowest BCUT2D eigenvalue weighted by atomic mass is 9.57. The molecule has 1 aromatic rings. The normalized spacial score (nSPS) is 42.2. The van der Waals surface area contributed by atoms with Crippen molar-refractivity contribution in [2.75, 3.05) is 20.7 Å². The summed E-state index contributed by atoms with van der Waals surface area (Å²) in [7, 11) is 3.84. The average Bonchev–Trinajstić information content (AvgIpc) is 2.59. The molecule has 5 rings (SSSR count). The van der Waals surface area contributed by atoms with Crippen molar-refractivity contribution in [2.24, 2.45) is 0 Å². The minimum absolute atomic E-state index is 0.0384. The number of methoxy groups -OCH3 is 1. The quantitative estimate of drug-likeness (QED) is 0.771. The van der Waals surface area contributed by atoms with Crippen LogP contribution in [-0.4, -0.2) is 37.7 Å². The largest absolute Gasteiger partial charge is 0.870 e. The van der Waals surface area contributed by atoms with E-state index in [9.17, 15) is 10.2 Å². The maximum absolute atomic E-state index is 12.8. The summed E-state index contributed by atoms with van der Waals surface area (Å²) in [5, 5.41) is 23.4. The van der Waals surface area contributed by atoms with Gasteiger partial charge < -0.3 is 24.6 Å². The van der Waals surface area contributed by atoms with Crippen LogP contribution in [0.3, 0.4) is 0 Å². The molecule has 1 fully saturated rings. The van der Waals surface area contributed by atoms with Crippen LogP contribution in [0.2, 0.25) is 0 Å². The topological polar surface area (TPSA) is 66.2 Å². The van der Waals surface area contributed by atoms with Crippen molar-refractivity contribution in [1.29, 1.82) is 0 Å². The smallest absolute Gasteiger partial charge is 0.237 e. The van der Waals surface area contributed by atoms with E-state index in [0.717, 1.165) is 32.2 Å². The van der Waals surface area contributed by atoms with Crippen LogP contribution in [0.25, 0.3) is 0 Å². The highest BCUT2D eigenvalue weighted by Crippen LogP contribution is 2.61. The van der Waals surface area contributed by atoms with Gasteiger partial charge in [0.15, 0.2) is 0 Å². The van der Waals surface area contributed by atoms with Crippen molar-refractivity contribution >= 4 is 0 Å². The molecule has 2 N–H and O–H groups in total. The summed E-state index contributed by atoms with van der Waals surface area (Å²) in [6.45, 7) is 1.09. The maximum atomic E-state index is 12.8. The molecular formula is C19H25NO4. The molecule has 130 valence electrons. The van der Waals surface area contributed by atoms with E-state index in [4.69, 9.17) is 9.47 Å². The highest BCUT2D eigenvalue weighted by molar-refractivity contribution is 5.60. The number of rotatable bonds is 1. The van der Waals surface area contributed by atoms with Crippen LogP contribution >= 0.6 is 0 Å². The van der Waals surface area contributed by atoms with Gasteiger partial charge in [-0.1, -0.05) is 11.8 Å². The Morgan fingerprint density at radius 3 is 2.96 bits per heavy atom. The molecule has 1 saturated carbocycles. The zero-order valence-electron chi connectivity index (χ0n) is 14.4. The van der Waals surface area contributed by atoms with E-state index in [0.29, 0.717) is 24.6 Å². The molecule has 5 nitrogen and oxygen atoms in total. The SMILES string of the molecule is CO[C@]12C[C@]3(CCC4c5c(cc([O-])c(c53)O1)CC[NH+]4C)CC[C@@H]2O. The van der Waals surface area contributed by atoms with Crippen LogP contribution in [0.1, 0.15) is 54.8 Å². The van der Waals surface area contributed by atoms with Gasteiger partial charge in [0.2, 0.25) is 5.79 Å². The van der Waals surface area contributed by atoms with Crippen molar-refractivity contribution in [3.63, 3.8) is 0 Å². The number of nitrogens with one attached hydrogen (secondary N) is 1. The Kier molecular flexibility index (Phi) is 2.91. The van der Waals surface area contributed by atoms with Gasteiger partial charge in [0, 0.05) is 42.9 Å². The molecule has 0 aromatic heterocycles. The fraction of sp³-hybridized carbons (Fsp3) is 0.684. The van der Waals surface area contributed by atoms with Gasteiger partial charge in [-0.05, 0) is 24.8 Å². The average molecular weight is 331 g/mol. The Bertz CT molecular complexity index is 720. The van der Waals surface area contributed by atoms with E-state index in [1.54, 1.807) is 13.2 Å². The zero-order valence-corrected chi connectivity index (χ0v) is 14.4. The number of likely N-dealkylation sites (N-methyl/N-ethyl adjacent to an activating group) is 1. The predicted molar refractivity (Wildman–Crippen MR) is 85.2 cm³/mol. The van der Waals surface area contributed by atoms with Crippen molar-refractivity contribution in [2.45, 2.75) is 61.9 Å². The van der Waals surface area contributed by atoms with Crippen LogP contribution < -0.4 is 14.7 Å². The van der Waals surface area contributed by atoms with Crippen LogP contribution in [0.5, 0.6) is 11.5 Å². The van der Waals surface area contributed by atoms with Gasteiger partial charge in [-0.2, -0.15) is 0 Å². The first-order valence-electron chi connectivity index (χ1n) is 9.11. The van der Waals surface area contributed by atoms with Gasteiger partial charge in [-0.25, -0.2) is 0 Å². The lowest BCUT2D eigenvalue weighted by Crippen LogP contribution is -3.10. The molecule has 2 unspecified atom stereocenters. The fourth-order valence-corrected chi connectivity index (χ4v) is 5.89. The third kappa shape index (κ3) is 1.65. The van der Waals surface area contributed by atoms with Crippen LogP contribution in [0.15, 0.2) is 6.07 Å². The van der Waals surface area contributed by atoms with E-state index in [1.807, 2.05) is 0 Å². The lowest BCUT2D eigenvalue weighted by molar-refractivity contribution is -0.915. The Balaban J connectivity index is 1.80. The summed E-state index contributed by atoms with van der Waals surface area (Å²) >= 11 is 0. The summed E-state index contributed by atoms with van der Waals surface area (Å²) < 4.78 is 11.8. The van der Waals surface area contributed by atoms with Crippen LogP contribution in [0.4, 0.5) is 0 Å². The van der Waals surface area contributed by atoms with Gasteiger partial charge in [0.05, 0.1) is 13.6 Å². The molecule has 2 aliphatic heterocycles. The molecule has 0 radical (unpaired) electrons. The molecule has 5 heteroatoms. The Hall–Kier alpha value is -1.30. The highest BCUT2D eigenvalue weighted by atomic mass is 16.7. The van der Waals surface area contributed by atoms with Gasteiger partial charge in [0.25, 0.3) is 0 Å². The second-order valence-corrected chi connectivity index (χ2v) is 8.22.